The van der Waals surface area contributed by atoms with Crippen molar-refractivity contribution in [1.29, 1.82) is 0 Å². The van der Waals surface area contributed by atoms with Crippen molar-refractivity contribution in [1.82, 2.24) is 10.2 Å². The summed E-state index contributed by atoms with van der Waals surface area (Å²) >= 11 is 0. The summed E-state index contributed by atoms with van der Waals surface area (Å²) in [5, 5.41) is 3.29. The molecule has 1 N–H and O–H groups in total. The molecule has 0 atom stereocenters. The molecule has 0 heterocycles. The number of hydrogen-bond acceptors (Lipinski definition) is 2. The Hall–Kier alpha value is -0.520. The molecule has 0 aliphatic carbocycles. The maximum atomic E-state index is 3.29. The van der Waals surface area contributed by atoms with Crippen LogP contribution in [0.5, 0.6) is 0 Å². The van der Waals surface area contributed by atoms with Crippen LogP contribution in [0.3, 0.4) is 0 Å². The van der Waals surface area contributed by atoms with E-state index in [1.807, 2.05) is 6.92 Å². The van der Waals surface area contributed by atoms with Gasteiger partial charge in [0.2, 0.25) is 0 Å². The second kappa shape index (κ2) is 9.57. The molecule has 0 aromatic rings. The largest absolute Gasteiger partial charge is 0.305 e. The molecule has 2 nitrogen and oxygen atoms in total. The van der Waals surface area contributed by atoms with Crippen LogP contribution in [-0.4, -0.2) is 37.6 Å². The second-order valence-corrected chi connectivity index (χ2v) is 3.04. The van der Waals surface area contributed by atoms with Gasteiger partial charge in [-0.15, -0.1) is 5.92 Å². The number of rotatable bonds is 7. The highest BCUT2D eigenvalue weighted by Crippen LogP contribution is 1.88. The van der Waals surface area contributed by atoms with E-state index in [0.29, 0.717) is 0 Å². The molecule has 0 bridgehead atoms. The first-order valence-corrected chi connectivity index (χ1v) is 5.17. The molecule has 0 fully saturated rings. The van der Waals surface area contributed by atoms with Gasteiger partial charge in [-0.2, -0.15) is 0 Å². The average Bonchev–Trinajstić information content (AvgIpc) is 2.16. The lowest BCUT2D eigenvalue weighted by atomic mass is 10.4. The fourth-order valence-electron chi connectivity index (χ4n) is 1.22. The molecular weight excluding hydrogens is 160 g/mol. The summed E-state index contributed by atoms with van der Waals surface area (Å²) in [5.74, 6) is 5.86. The maximum absolute atomic E-state index is 3.29. The molecule has 0 saturated heterocycles. The lowest BCUT2D eigenvalue weighted by Crippen LogP contribution is -2.32. The van der Waals surface area contributed by atoms with E-state index in [9.17, 15) is 0 Å². The number of hydrogen-bond donors (Lipinski definition) is 1. The highest BCUT2D eigenvalue weighted by atomic mass is 15.1. The Labute approximate surface area is 82.7 Å². The van der Waals surface area contributed by atoms with Gasteiger partial charge in [0.15, 0.2) is 0 Å². The summed E-state index contributed by atoms with van der Waals surface area (Å²) in [6, 6.07) is 0. The molecule has 0 amide bonds. The first kappa shape index (κ1) is 12.5. The van der Waals surface area contributed by atoms with Crippen molar-refractivity contribution in [3.63, 3.8) is 0 Å². The first-order valence-electron chi connectivity index (χ1n) is 5.17. The fraction of sp³-hybridized carbons (Fsp3) is 0.818. The van der Waals surface area contributed by atoms with Gasteiger partial charge in [0, 0.05) is 13.1 Å². The van der Waals surface area contributed by atoms with Crippen LogP contribution in [0.1, 0.15) is 27.2 Å². The fourth-order valence-corrected chi connectivity index (χ4v) is 1.22. The van der Waals surface area contributed by atoms with E-state index < -0.39 is 0 Å². The topological polar surface area (TPSA) is 15.3 Å². The Balaban J connectivity index is 3.30. The van der Waals surface area contributed by atoms with Crippen molar-refractivity contribution in [2.24, 2.45) is 0 Å². The molecule has 0 unspecified atom stereocenters. The van der Waals surface area contributed by atoms with Gasteiger partial charge in [-0.1, -0.05) is 19.8 Å². The molecule has 76 valence electrons. The highest BCUT2D eigenvalue weighted by Gasteiger charge is 1.98. The summed E-state index contributed by atoms with van der Waals surface area (Å²) in [4.78, 5) is 2.45. The summed E-state index contributed by atoms with van der Waals surface area (Å²) in [6.45, 7) is 11.7. The Morgan fingerprint density at radius 1 is 1.23 bits per heavy atom. The number of nitrogens with one attached hydrogen (secondary N) is 1. The van der Waals surface area contributed by atoms with Crippen LogP contribution in [0.15, 0.2) is 0 Å². The Bertz CT molecular complexity index is 155. The van der Waals surface area contributed by atoms with Gasteiger partial charge in [0.25, 0.3) is 0 Å². The Morgan fingerprint density at radius 3 is 2.54 bits per heavy atom. The summed E-state index contributed by atoms with van der Waals surface area (Å²) in [6.07, 6.45) is 1.24. The normalized spacial score (nSPS) is 9.85. The molecule has 0 rings (SSSR count). The summed E-state index contributed by atoms with van der Waals surface area (Å²) in [5.41, 5.74) is 0. The average molecular weight is 182 g/mol. The third kappa shape index (κ3) is 7.83. The standard InChI is InChI=1S/C11H22N2/c1-4-7-8-12-9-11-13(6-3)10-5-2/h12H,5-6,8-11H2,1-3H3. The SMILES string of the molecule is CC#CCNCCN(CC)CCC. The number of nitrogens with zero attached hydrogens (tertiary/aromatic N) is 1. The molecule has 0 aromatic carbocycles. The minimum atomic E-state index is 0.820. The van der Waals surface area contributed by atoms with Gasteiger partial charge in [0.05, 0.1) is 6.54 Å². The minimum Gasteiger partial charge on any atom is -0.305 e. The van der Waals surface area contributed by atoms with E-state index in [4.69, 9.17) is 0 Å². The van der Waals surface area contributed by atoms with Crippen LogP contribution in [0.2, 0.25) is 0 Å². The Kier molecular flexibility index (Phi) is 9.18. The minimum absolute atomic E-state index is 0.820. The predicted octanol–water partition coefficient (Wildman–Crippen LogP) is 1.33. The van der Waals surface area contributed by atoms with E-state index in [1.165, 1.54) is 13.0 Å². The van der Waals surface area contributed by atoms with Crippen molar-refractivity contribution in [2.75, 3.05) is 32.7 Å². The molecule has 0 aliphatic rings. The smallest absolute Gasteiger partial charge is 0.0576 e. The van der Waals surface area contributed by atoms with Crippen molar-refractivity contribution >= 4 is 0 Å². The molecule has 0 spiro atoms. The first-order chi connectivity index (χ1) is 6.35. The molecule has 0 saturated carbocycles. The molecular formula is C11H22N2. The Morgan fingerprint density at radius 2 is 2.00 bits per heavy atom. The predicted molar refractivity (Wildman–Crippen MR) is 58.7 cm³/mol. The van der Waals surface area contributed by atoms with E-state index in [1.54, 1.807) is 0 Å². The summed E-state index contributed by atoms with van der Waals surface area (Å²) < 4.78 is 0. The van der Waals surface area contributed by atoms with Crippen molar-refractivity contribution in [3.05, 3.63) is 0 Å². The van der Waals surface area contributed by atoms with Crippen molar-refractivity contribution < 1.29 is 0 Å². The molecule has 0 radical (unpaired) electrons. The monoisotopic (exact) mass is 182 g/mol. The zero-order valence-electron chi connectivity index (χ0n) is 9.19. The molecule has 0 aromatic heterocycles. The molecule has 2 heteroatoms. The van der Waals surface area contributed by atoms with Crippen LogP contribution >= 0.6 is 0 Å². The van der Waals surface area contributed by atoms with Crippen LogP contribution in [0.4, 0.5) is 0 Å². The van der Waals surface area contributed by atoms with Gasteiger partial charge < -0.3 is 10.2 Å². The van der Waals surface area contributed by atoms with Gasteiger partial charge in [-0.3, -0.25) is 0 Å². The van der Waals surface area contributed by atoms with Crippen molar-refractivity contribution in [3.8, 4) is 11.8 Å². The van der Waals surface area contributed by atoms with E-state index in [-0.39, 0.29) is 0 Å². The quantitative estimate of drug-likeness (QED) is 0.472. The van der Waals surface area contributed by atoms with Crippen LogP contribution in [0, 0.1) is 11.8 Å². The van der Waals surface area contributed by atoms with Crippen LogP contribution < -0.4 is 5.32 Å². The zero-order chi connectivity index (χ0) is 9.94. The van der Waals surface area contributed by atoms with Gasteiger partial charge >= 0.3 is 0 Å². The van der Waals surface area contributed by atoms with Crippen molar-refractivity contribution in [2.45, 2.75) is 27.2 Å². The zero-order valence-corrected chi connectivity index (χ0v) is 9.19. The van der Waals surface area contributed by atoms with E-state index in [0.717, 1.165) is 26.2 Å². The highest BCUT2D eigenvalue weighted by molar-refractivity contribution is 4.96. The lowest BCUT2D eigenvalue weighted by Gasteiger charge is -2.18. The van der Waals surface area contributed by atoms with Crippen LogP contribution in [-0.2, 0) is 0 Å². The van der Waals surface area contributed by atoms with Gasteiger partial charge in [-0.05, 0) is 26.4 Å². The van der Waals surface area contributed by atoms with Gasteiger partial charge in [-0.25, -0.2) is 0 Å². The van der Waals surface area contributed by atoms with E-state index in [2.05, 4.69) is 35.9 Å². The third-order valence-electron chi connectivity index (χ3n) is 1.98. The van der Waals surface area contributed by atoms with Gasteiger partial charge in [0.1, 0.15) is 0 Å². The lowest BCUT2D eigenvalue weighted by molar-refractivity contribution is 0.289. The van der Waals surface area contributed by atoms with Crippen LogP contribution in [0.25, 0.3) is 0 Å². The summed E-state index contributed by atoms with van der Waals surface area (Å²) in [7, 11) is 0. The maximum Gasteiger partial charge on any atom is 0.0576 e. The number of likely N-dealkylation sites (N-methyl/N-ethyl adjacent to an activating group) is 1. The third-order valence-corrected chi connectivity index (χ3v) is 1.98. The molecule has 13 heavy (non-hydrogen) atoms. The second-order valence-electron chi connectivity index (χ2n) is 3.04. The molecule has 0 aliphatic heterocycles. The van der Waals surface area contributed by atoms with E-state index >= 15 is 0 Å².